The lowest BCUT2D eigenvalue weighted by atomic mass is 9.95. The Kier molecular flexibility index (Phi) is 7.36. The van der Waals surface area contributed by atoms with E-state index < -0.39 is 18.0 Å². The van der Waals surface area contributed by atoms with Gasteiger partial charge in [-0.3, -0.25) is 4.98 Å². The van der Waals surface area contributed by atoms with E-state index in [1.807, 2.05) is 31.2 Å². The van der Waals surface area contributed by atoms with Gasteiger partial charge in [-0.15, -0.1) is 10.2 Å². The zero-order chi connectivity index (χ0) is 31.9. The first-order valence-electron chi connectivity index (χ1n) is 14.4. The molecule has 0 spiro atoms. The Morgan fingerprint density at radius 1 is 1.09 bits per heavy atom. The molecule has 3 aromatic heterocycles. The lowest BCUT2D eigenvalue weighted by Crippen LogP contribution is -2.26. The van der Waals surface area contributed by atoms with E-state index >= 15 is 0 Å². The van der Waals surface area contributed by atoms with Crippen LogP contribution in [0.2, 0.25) is 0 Å². The summed E-state index contributed by atoms with van der Waals surface area (Å²) in [5.74, 6) is 0. The number of nitriles is 2. The third-order valence-electron chi connectivity index (χ3n) is 8.00. The van der Waals surface area contributed by atoms with Gasteiger partial charge in [-0.2, -0.15) is 10.5 Å². The fourth-order valence-electron chi connectivity index (χ4n) is 5.35. The predicted molar refractivity (Wildman–Crippen MR) is 162 cm³/mol. The number of nitrogens with one attached hydrogen (secondary N) is 2. The zero-order valence-electron chi connectivity index (χ0n) is 25.1. The summed E-state index contributed by atoms with van der Waals surface area (Å²) in [5, 5.41) is 47.5. The number of alkyl halides is 2. The molecule has 1 saturated carbocycles. The second-order valence-corrected chi connectivity index (χ2v) is 12.4. The predicted octanol–water partition coefficient (Wildman–Crippen LogP) is 5.27. The second-order valence-electron chi connectivity index (χ2n) is 12.4. The van der Waals surface area contributed by atoms with E-state index in [1.165, 1.54) is 21.9 Å². The molecule has 0 aliphatic heterocycles. The van der Waals surface area contributed by atoms with Gasteiger partial charge in [-0.1, -0.05) is 38.1 Å². The Balaban J connectivity index is 1.50. The largest absolute Gasteiger partial charge is 0.383 e. The van der Waals surface area contributed by atoms with Crippen molar-refractivity contribution < 1.29 is 8.78 Å². The van der Waals surface area contributed by atoms with Crippen molar-refractivity contribution >= 4 is 22.3 Å². The van der Waals surface area contributed by atoms with E-state index in [2.05, 4.69) is 74.4 Å². The molecule has 45 heavy (non-hydrogen) atoms. The summed E-state index contributed by atoms with van der Waals surface area (Å²) in [6, 6.07) is 12.9. The molecular weight excluding hydrogens is 578 g/mol. The summed E-state index contributed by atoms with van der Waals surface area (Å²) in [5.41, 5.74) is 3.47. The average Bonchev–Trinajstić information content (AvgIpc) is 3.39. The van der Waals surface area contributed by atoms with Gasteiger partial charge in [-0.05, 0) is 64.9 Å². The molecular formula is C31H30F2N12. The summed E-state index contributed by atoms with van der Waals surface area (Å²) < 4.78 is 30.8. The molecule has 3 heterocycles. The fraction of sp³-hybridized carbons (Fsp3) is 0.355. The number of pyridine rings is 1. The van der Waals surface area contributed by atoms with Crippen LogP contribution < -0.4 is 10.6 Å². The molecule has 5 aromatic rings. The van der Waals surface area contributed by atoms with Crippen LogP contribution >= 0.6 is 0 Å². The molecule has 1 atom stereocenters. The van der Waals surface area contributed by atoms with Crippen molar-refractivity contribution in [1.82, 2.24) is 40.2 Å². The Morgan fingerprint density at radius 3 is 2.51 bits per heavy atom. The number of benzene rings is 2. The first kappa shape index (κ1) is 29.6. The molecule has 228 valence electrons. The SMILES string of the molecule is Cc1c([C@H](Nc2cc(C#N)c3ncc(C#N)c(NCC(C)(C)C)c3c2)c2cn(C3(C(F)F)CC3)nn2)cccc1-n1cnnn1. The maximum Gasteiger partial charge on any atom is 0.263 e. The van der Waals surface area contributed by atoms with E-state index in [1.54, 1.807) is 12.3 Å². The highest BCUT2D eigenvalue weighted by molar-refractivity contribution is 5.99. The molecule has 12 nitrogen and oxygen atoms in total. The smallest absolute Gasteiger partial charge is 0.263 e. The van der Waals surface area contributed by atoms with Crippen molar-refractivity contribution in [3.8, 4) is 17.8 Å². The Hall–Kier alpha value is -5.50. The highest BCUT2D eigenvalue weighted by Gasteiger charge is 2.54. The summed E-state index contributed by atoms with van der Waals surface area (Å²) >= 11 is 0. The third kappa shape index (κ3) is 5.51. The molecule has 0 bridgehead atoms. The standard InChI is InChI=1S/C31H30F2N12/c1-18-22(6-5-7-25(18)44-17-38-41-43-44)28(24-15-45(42-40-24)31(8-9-31)29(32)33)39-21-10-19(12-34)26-23(11-21)27(20(13-35)14-36-26)37-16-30(2,3)4/h5-7,10-11,14-15,17,28-29,39H,8-9,16H2,1-4H3,(H,36,37)/t28-/m0/s1. The van der Waals surface area contributed by atoms with Gasteiger partial charge in [0.15, 0.2) is 0 Å². The molecule has 6 rings (SSSR count). The van der Waals surface area contributed by atoms with Crippen molar-refractivity contribution in [2.24, 2.45) is 5.41 Å². The van der Waals surface area contributed by atoms with Crippen LogP contribution in [0.3, 0.4) is 0 Å². The van der Waals surface area contributed by atoms with Gasteiger partial charge in [0.1, 0.15) is 29.7 Å². The number of nitrogens with zero attached hydrogens (tertiary/aromatic N) is 10. The van der Waals surface area contributed by atoms with Crippen molar-refractivity contribution in [2.75, 3.05) is 17.2 Å². The van der Waals surface area contributed by atoms with Gasteiger partial charge in [0.25, 0.3) is 6.43 Å². The van der Waals surface area contributed by atoms with Gasteiger partial charge in [0.2, 0.25) is 0 Å². The summed E-state index contributed by atoms with van der Waals surface area (Å²) in [6.45, 7) is 8.71. The highest BCUT2D eigenvalue weighted by Crippen LogP contribution is 2.48. The minimum absolute atomic E-state index is 0.0908. The van der Waals surface area contributed by atoms with E-state index in [9.17, 15) is 19.3 Å². The Labute approximate surface area is 257 Å². The highest BCUT2D eigenvalue weighted by atomic mass is 19.3. The molecule has 14 heteroatoms. The van der Waals surface area contributed by atoms with Gasteiger partial charge in [0.05, 0.1) is 40.3 Å². The van der Waals surface area contributed by atoms with Crippen LogP contribution in [0.1, 0.15) is 67.6 Å². The first-order valence-corrected chi connectivity index (χ1v) is 14.4. The molecule has 0 radical (unpaired) electrons. The number of rotatable bonds is 9. The van der Waals surface area contributed by atoms with Crippen molar-refractivity contribution in [2.45, 2.75) is 58.5 Å². The third-order valence-corrected chi connectivity index (χ3v) is 8.00. The van der Waals surface area contributed by atoms with Gasteiger partial charge in [0, 0.05) is 23.8 Å². The minimum Gasteiger partial charge on any atom is -0.383 e. The lowest BCUT2D eigenvalue weighted by molar-refractivity contribution is 0.0593. The quantitative estimate of drug-likeness (QED) is 0.226. The van der Waals surface area contributed by atoms with Crippen LogP contribution in [0, 0.1) is 35.0 Å². The molecule has 0 amide bonds. The molecule has 0 unspecified atom stereocenters. The number of tetrazole rings is 1. The molecule has 2 aromatic carbocycles. The van der Waals surface area contributed by atoms with E-state index in [0.29, 0.717) is 58.5 Å². The van der Waals surface area contributed by atoms with Crippen LogP contribution in [-0.4, -0.2) is 53.2 Å². The number of anilines is 2. The normalized spacial score (nSPS) is 14.6. The van der Waals surface area contributed by atoms with Crippen LogP contribution in [0.15, 0.2) is 49.1 Å². The Morgan fingerprint density at radius 2 is 1.87 bits per heavy atom. The van der Waals surface area contributed by atoms with Crippen molar-refractivity contribution in [1.29, 1.82) is 10.5 Å². The number of halogens is 2. The average molecular weight is 609 g/mol. The van der Waals surface area contributed by atoms with Crippen molar-refractivity contribution in [3.63, 3.8) is 0 Å². The monoisotopic (exact) mass is 608 g/mol. The fourth-order valence-corrected chi connectivity index (χ4v) is 5.35. The summed E-state index contributed by atoms with van der Waals surface area (Å²) in [7, 11) is 0. The molecule has 1 aliphatic carbocycles. The molecule has 1 fully saturated rings. The van der Waals surface area contributed by atoms with Crippen LogP contribution in [0.5, 0.6) is 0 Å². The van der Waals surface area contributed by atoms with Gasteiger partial charge < -0.3 is 10.6 Å². The maximum atomic E-state index is 14.0. The van der Waals surface area contributed by atoms with Gasteiger partial charge in [-0.25, -0.2) is 18.1 Å². The van der Waals surface area contributed by atoms with Crippen LogP contribution in [0.25, 0.3) is 16.6 Å². The number of fused-ring (bicyclic) bond motifs is 1. The van der Waals surface area contributed by atoms with E-state index in [0.717, 1.165) is 16.8 Å². The van der Waals surface area contributed by atoms with Crippen LogP contribution in [0.4, 0.5) is 20.2 Å². The first-order chi connectivity index (χ1) is 21.5. The number of hydrogen-bond donors (Lipinski definition) is 2. The molecule has 0 saturated heterocycles. The van der Waals surface area contributed by atoms with Crippen molar-refractivity contribution in [3.05, 3.63) is 77.0 Å². The Bertz CT molecular complexity index is 1960. The number of hydrogen-bond acceptors (Lipinski definition) is 10. The van der Waals surface area contributed by atoms with E-state index in [4.69, 9.17) is 0 Å². The zero-order valence-corrected chi connectivity index (χ0v) is 25.1. The topological polar surface area (TPSA) is 159 Å². The summed E-state index contributed by atoms with van der Waals surface area (Å²) in [4.78, 5) is 4.44. The minimum atomic E-state index is -2.58. The molecule has 1 aliphatic rings. The summed E-state index contributed by atoms with van der Waals surface area (Å²) in [6.07, 6.45) is 2.55. The van der Waals surface area contributed by atoms with Crippen LogP contribution in [-0.2, 0) is 5.54 Å². The molecule has 2 N–H and O–H groups in total. The maximum absolute atomic E-state index is 14.0. The van der Waals surface area contributed by atoms with E-state index in [-0.39, 0.29) is 5.41 Å². The lowest BCUT2D eigenvalue weighted by Gasteiger charge is -2.23. The second kappa shape index (κ2) is 11.2. The number of aromatic nitrogens is 8. The van der Waals surface area contributed by atoms with Gasteiger partial charge >= 0.3 is 0 Å².